The normalized spacial score (nSPS) is 12.2. The van der Waals surface area contributed by atoms with Gasteiger partial charge in [-0.15, -0.1) is 0 Å². The van der Waals surface area contributed by atoms with Crippen molar-refractivity contribution in [2.45, 2.75) is 6.04 Å². The van der Waals surface area contributed by atoms with E-state index >= 15 is 0 Å². The largest absolute Gasteiger partial charge is 0.513 e. The highest BCUT2D eigenvalue weighted by Gasteiger charge is 2.10. The van der Waals surface area contributed by atoms with Gasteiger partial charge in [0.2, 0.25) is 0 Å². The molecule has 0 saturated heterocycles. The highest BCUT2D eigenvalue weighted by Crippen LogP contribution is 2.23. The van der Waals surface area contributed by atoms with Crippen molar-refractivity contribution in [3.63, 3.8) is 0 Å². The molecule has 13 nitrogen and oxygen atoms in total. The van der Waals surface area contributed by atoms with Crippen LogP contribution in [0.15, 0.2) is 72.1 Å². The number of rotatable bonds is 13. The van der Waals surface area contributed by atoms with Gasteiger partial charge in [0, 0.05) is 24.9 Å². The quantitative estimate of drug-likeness (QED) is 0.0208. The van der Waals surface area contributed by atoms with Gasteiger partial charge < -0.3 is 26.7 Å². The molecule has 0 heterocycles. The van der Waals surface area contributed by atoms with Crippen molar-refractivity contribution in [3.8, 4) is 5.75 Å². The fourth-order valence-electron chi connectivity index (χ4n) is 2.23. The molecule has 15 heteroatoms. The molecule has 194 valence electrons. The summed E-state index contributed by atoms with van der Waals surface area (Å²) < 4.78 is 9.84. The third-order valence-electron chi connectivity index (χ3n) is 3.96. The Labute approximate surface area is 215 Å². The molecule has 0 aromatic heterocycles. The van der Waals surface area contributed by atoms with Crippen LogP contribution < -0.4 is 27.8 Å². The molecular weight excluding hydrogens is 510 g/mol. The van der Waals surface area contributed by atoms with Gasteiger partial charge in [-0.05, 0) is 35.1 Å². The highest BCUT2D eigenvalue weighted by molar-refractivity contribution is 8.82. The molecule has 0 spiro atoms. The Balaban J connectivity index is 2.37. The average molecular weight is 538 g/mol. The molecule has 1 unspecified atom stereocenters. The third-order valence-corrected chi connectivity index (χ3v) is 6.12. The number of carbonyl (C=O) groups excluding carboxylic acids is 2. The number of amides is 1. The Kier molecular flexibility index (Phi) is 13.4. The first-order valence-electron chi connectivity index (χ1n) is 10.0. The molecule has 1 aromatic rings. The summed E-state index contributed by atoms with van der Waals surface area (Å²) >= 11 is 0. The van der Waals surface area contributed by atoms with Gasteiger partial charge >= 0.3 is 6.16 Å². The van der Waals surface area contributed by atoms with Gasteiger partial charge in [-0.1, -0.05) is 35.1 Å². The number of nitrogens with zero attached hydrogens (tertiary/aromatic N) is 2. The fraction of sp³-hybridized carbons (Fsp3) is 0.190. The van der Waals surface area contributed by atoms with Crippen LogP contribution in [0, 0.1) is 15.5 Å². The van der Waals surface area contributed by atoms with Gasteiger partial charge in [-0.25, -0.2) is 9.80 Å². The summed E-state index contributed by atoms with van der Waals surface area (Å²) in [5, 5.41) is 20.2. The van der Waals surface area contributed by atoms with Crippen molar-refractivity contribution in [1.29, 1.82) is 5.41 Å². The molecule has 0 aliphatic heterocycles. The van der Waals surface area contributed by atoms with Crippen LogP contribution in [-0.4, -0.2) is 52.5 Å². The Morgan fingerprint density at radius 3 is 2.39 bits per heavy atom. The number of nitro groups is 1. The van der Waals surface area contributed by atoms with Crippen LogP contribution in [0.5, 0.6) is 5.75 Å². The number of primary amides is 1. The van der Waals surface area contributed by atoms with Crippen molar-refractivity contribution in [2.24, 2.45) is 23.0 Å². The molecule has 0 aliphatic rings. The molecule has 1 rings (SSSR count). The minimum absolute atomic E-state index is 0.0235. The minimum Gasteiger partial charge on any atom is -0.433 e. The van der Waals surface area contributed by atoms with Crippen molar-refractivity contribution in [3.05, 3.63) is 82.2 Å². The topological polar surface area (TPSA) is 227 Å². The summed E-state index contributed by atoms with van der Waals surface area (Å²) in [5.41, 5.74) is 15.9. The number of likely N-dealkylation sites (N-methyl/N-ethyl adjacent to an activating group) is 1. The van der Waals surface area contributed by atoms with Crippen LogP contribution in [0.4, 0.5) is 10.5 Å². The second-order valence-corrected chi connectivity index (χ2v) is 9.17. The van der Waals surface area contributed by atoms with Gasteiger partial charge in [-0.2, -0.15) is 0 Å². The van der Waals surface area contributed by atoms with Crippen LogP contribution in [0.1, 0.15) is 0 Å². The third kappa shape index (κ3) is 12.1. The van der Waals surface area contributed by atoms with Crippen LogP contribution in [0.2, 0.25) is 0 Å². The summed E-state index contributed by atoms with van der Waals surface area (Å²) in [6, 6.07) is 4.61. The maximum absolute atomic E-state index is 11.6. The van der Waals surface area contributed by atoms with Crippen LogP contribution in [0.3, 0.4) is 0 Å². The first-order valence-corrected chi connectivity index (χ1v) is 12.4. The van der Waals surface area contributed by atoms with E-state index in [4.69, 9.17) is 37.9 Å². The van der Waals surface area contributed by atoms with Crippen LogP contribution >= 0.6 is 21.6 Å². The number of nitrogens with one attached hydrogen (secondary N) is 1. The Hall–Kier alpha value is -3.79. The molecule has 9 N–H and O–H groups in total. The predicted octanol–water partition coefficient (Wildman–Crippen LogP) is 1.93. The zero-order chi connectivity index (χ0) is 27.1. The number of benzene rings is 1. The summed E-state index contributed by atoms with van der Waals surface area (Å²) in [6.45, 7) is 0.0479. The van der Waals surface area contributed by atoms with E-state index in [0.717, 1.165) is 0 Å². The van der Waals surface area contributed by atoms with E-state index in [-0.39, 0.29) is 34.5 Å². The number of ether oxygens (including phenoxy) is 2. The molecular formula is C21H27N7O6S2. The van der Waals surface area contributed by atoms with E-state index in [9.17, 15) is 19.7 Å². The number of hydrogen-bond acceptors (Lipinski definition) is 13. The fourth-order valence-corrected chi connectivity index (χ4v) is 3.72. The molecule has 36 heavy (non-hydrogen) atoms. The first kappa shape index (κ1) is 30.2. The summed E-state index contributed by atoms with van der Waals surface area (Å²) in [5.74, 6) is 5.35. The summed E-state index contributed by atoms with van der Waals surface area (Å²) in [7, 11) is 4.09. The van der Waals surface area contributed by atoms with Crippen molar-refractivity contribution >= 4 is 44.4 Å². The van der Waals surface area contributed by atoms with Gasteiger partial charge in [0.05, 0.1) is 21.6 Å². The number of nitro benzene ring substituents is 1. The lowest BCUT2D eigenvalue weighted by atomic mass is 10.1. The molecule has 1 aromatic carbocycles. The van der Waals surface area contributed by atoms with Crippen molar-refractivity contribution in [2.75, 3.05) is 19.4 Å². The Bertz CT molecular complexity index is 1050. The average Bonchev–Trinajstić information content (AvgIpc) is 2.80. The zero-order valence-corrected chi connectivity index (χ0v) is 20.9. The lowest BCUT2D eigenvalue weighted by molar-refractivity contribution is -0.384. The number of nitrogens with two attached hydrogens (primary N) is 4. The minimum atomic E-state index is -0.935. The van der Waals surface area contributed by atoms with Gasteiger partial charge in [0.15, 0.2) is 0 Å². The van der Waals surface area contributed by atoms with Crippen molar-refractivity contribution in [1.82, 2.24) is 5.01 Å². The van der Waals surface area contributed by atoms with Crippen LogP contribution in [-0.2, 0) is 9.53 Å². The highest BCUT2D eigenvalue weighted by atomic mass is 33.1. The Morgan fingerprint density at radius 2 is 1.83 bits per heavy atom. The van der Waals surface area contributed by atoms with E-state index in [2.05, 4.69) is 0 Å². The lowest BCUT2D eigenvalue weighted by Gasteiger charge is -2.16. The van der Waals surface area contributed by atoms with E-state index in [0.29, 0.717) is 5.75 Å². The molecule has 0 aliphatic carbocycles. The molecule has 1 atom stereocenters. The van der Waals surface area contributed by atoms with E-state index in [1.165, 1.54) is 56.9 Å². The van der Waals surface area contributed by atoms with E-state index < -0.39 is 23.0 Å². The molecule has 0 fully saturated rings. The summed E-state index contributed by atoms with van der Waals surface area (Å²) in [4.78, 5) is 33.0. The zero-order valence-electron chi connectivity index (χ0n) is 19.2. The van der Waals surface area contributed by atoms with Crippen LogP contribution in [0.25, 0.3) is 0 Å². The number of hydrazine groups is 1. The summed E-state index contributed by atoms with van der Waals surface area (Å²) in [6.07, 6.45) is 8.63. The van der Waals surface area contributed by atoms with Gasteiger partial charge in [-0.3, -0.25) is 26.2 Å². The number of carbonyl (C=O) groups is 2. The molecule has 0 saturated carbocycles. The molecule has 1 amide bonds. The van der Waals surface area contributed by atoms with E-state index in [1.807, 2.05) is 0 Å². The smallest absolute Gasteiger partial charge is 0.433 e. The second-order valence-electron chi connectivity index (χ2n) is 6.71. The van der Waals surface area contributed by atoms with Gasteiger partial charge in [0.25, 0.3) is 11.6 Å². The van der Waals surface area contributed by atoms with E-state index in [1.54, 1.807) is 37.4 Å². The maximum atomic E-state index is 11.6. The monoisotopic (exact) mass is 537 g/mol. The van der Waals surface area contributed by atoms with Crippen molar-refractivity contribution < 1.29 is 24.0 Å². The molecule has 0 bridgehead atoms. The Morgan fingerprint density at radius 1 is 1.17 bits per heavy atom. The second kappa shape index (κ2) is 16.0. The number of non-ortho nitro benzene ring substituents is 1. The predicted molar refractivity (Wildman–Crippen MR) is 141 cm³/mol. The van der Waals surface area contributed by atoms with Gasteiger partial charge in [0.1, 0.15) is 18.2 Å². The number of allylic oxidation sites excluding steroid dienone is 2. The lowest BCUT2D eigenvalue weighted by Crippen LogP contribution is -2.34. The standard InChI is InChI=1S/C21H27N7O6S2/c1-27(26)14(8-11-17(19(23)24)20(25)29)4-2-3-5-18(22)36-35-13-12-33-21(30)34-16-9-6-15(7-10-16)28(31)32/h2-11,14,22H,12-13,23-24,26H2,1H3,(H2,25,29)/b4-2+,5-3-,11-8+,22-18?. The SMILES string of the molecule is CN(N)C(/C=C/C=C\C(=N)SSCCOC(=O)Oc1ccc([N+](=O)[O-])cc1)/C=C/C(C(N)=O)=C(N)N. The maximum Gasteiger partial charge on any atom is 0.513 e. The number of hydrogen-bond donors (Lipinski definition) is 5. The molecule has 0 radical (unpaired) electrons. The first-order chi connectivity index (χ1) is 17.0.